The van der Waals surface area contributed by atoms with E-state index in [2.05, 4.69) is 20.8 Å². The fourth-order valence-corrected chi connectivity index (χ4v) is 7.05. The predicted molar refractivity (Wildman–Crippen MR) is 115 cm³/mol. The summed E-state index contributed by atoms with van der Waals surface area (Å²) in [4.78, 5) is 37.3. The molecule has 0 radical (unpaired) electrons. The molecule has 3 heterocycles. The molecule has 2 aliphatic rings. The Morgan fingerprint density at radius 2 is 2.27 bits per heavy atom. The summed E-state index contributed by atoms with van der Waals surface area (Å²) in [5.74, 6) is -1.08. The van der Waals surface area contributed by atoms with E-state index in [9.17, 15) is 19.5 Å². The number of aryl methyl sites for hydroxylation is 1. The van der Waals surface area contributed by atoms with Crippen LogP contribution in [0.1, 0.15) is 0 Å². The largest absolute Gasteiger partial charge is 0.477 e. The molecule has 160 valence electrons. The maximum absolute atomic E-state index is 13.0. The molecule has 0 aromatic carbocycles. The number of nitriles is 1. The fourth-order valence-electron chi connectivity index (χ4n) is 2.98. The Labute approximate surface area is 188 Å². The molecule has 0 saturated carbocycles. The molecule has 2 atom stereocenters. The number of carbonyl (C=O) groups is 3. The van der Waals surface area contributed by atoms with Gasteiger partial charge in [0.1, 0.15) is 11.1 Å². The van der Waals surface area contributed by atoms with Gasteiger partial charge in [0.25, 0.3) is 5.91 Å². The monoisotopic (exact) mass is 487 g/mol. The van der Waals surface area contributed by atoms with Crippen molar-refractivity contribution in [2.24, 2.45) is 7.05 Å². The standard InChI is InChI=1S/C15H17N7O4S4/c1-21-14(18-19-20-21)30-6-8-5-29-13-15(27-2,17-9(23)7-28-4-3-16)12(26)22(13)10(8)11(24)25/h13H,4-7H2,1-2H3,(H,17,23)(H,24,25)/t13-,15+/m1/s1. The minimum Gasteiger partial charge on any atom is -0.477 e. The van der Waals surface area contributed by atoms with Crippen molar-refractivity contribution in [2.45, 2.75) is 15.4 Å². The summed E-state index contributed by atoms with van der Waals surface area (Å²) in [6.07, 6.45) is 1.70. The molecule has 30 heavy (non-hydrogen) atoms. The third-order valence-electron chi connectivity index (χ3n) is 4.32. The highest BCUT2D eigenvalue weighted by atomic mass is 32.2. The number of amides is 2. The van der Waals surface area contributed by atoms with E-state index in [1.165, 1.54) is 44.9 Å². The third kappa shape index (κ3) is 4.13. The van der Waals surface area contributed by atoms with Gasteiger partial charge in [0.2, 0.25) is 11.1 Å². The number of nitrogens with zero attached hydrogens (tertiary/aromatic N) is 6. The number of fused-ring (bicyclic) bond motifs is 1. The van der Waals surface area contributed by atoms with Gasteiger partial charge in [0.05, 0.1) is 17.6 Å². The molecule has 2 N–H and O–H groups in total. The highest BCUT2D eigenvalue weighted by Crippen LogP contribution is 2.51. The molecule has 1 saturated heterocycles. The molecule has 1 aromatic rings. The maximum Gasteiger partial charge on any atom is 0.352 e. The Bertz CT molecular complexity index is 946. The summed E-state index contributed by atoms with van der Waals surface area (Å²) in [5, 5.41) is 32.3. The second-order valence-electron chi connectivity index (χ2n) is 6.11. The van der Waals surface area contributed by atoms with Crippen LogP contribution in [0.15, 0.2) is 16.4 Å². The van der Waals surface area contributed by atoms with E-state index in [4.69, 9.17) is 5.26 Å². The molecule has 2 amide bonds. The van der Waals surface area contributed by atoms with Gasteiger partial charge in [-0.3, -0.25) is 14.5 Å². The van der Waals surface area contributed by atoms with E-state index in [0.29, 0.717) is 22.2 Å². The number of hydrogen-bond donors (Lipinski definition) is 2. The zero-order chi connectivity index (χ0) is 21.9. The van der Waals surface area contributed by atoms with E-state index in [1.807, 2.05) is 6.07 Å². The number of rotatable bonds is 9. The quantitative estimate of drug-likeness (QED) is 0.208. The SMILES string of the molecule is CS[C@@]1(NC(=O)CSCC#N)C(=O)N2C(C(=O)O)=C(CSc3nnnn3C)CS[C@@H]21. The van der Waals surface area contributed by atoms with Crippen molar-refractivity contribution in [2.75, 3.05) is 29.3 Å². The van der Waals surface area contributed by atoms with Crippen LogP contribution >= 0.6 is 47.0 Å². The number of hydrogen-bond acceptors (Lipinski definition) is 11. The Kier molecular flexibility index (Phi) is 7.22. The number of carboxylic acid groups (broad SMARTS) is 1. The van der Waals surface area contributed by atoms with E-state index >= 15 is 0 Å². The zero-order valence-corrected chi connectivity index (χ0v) is 19.2. The van der Waals surface area contributed by atoms with Gasteiger partial charge in [-0.1, -0.05) is 11.8 Å². The van der Waals surface area contributed by atoms with Gasteiger partial charge >= 0.3 is 5.97 Å². The molecule has 15 heteroatoms. The Balaban J connectivity index is 1.78. The lowest BCUT2D eigenvalue weighted by Crippen LogP contribution is -2.78. The summed E-state index contributed by atoms with van der Waals surface area (Å²) in [5.41, 5.74) is 0.542. The van der Waals surface area contributed by atoms with Crippen LogP contribution in [-0.2, 0) is 21.4 Å². The number of aliphatic carboxylic acids is 1. The van der Waals surface area contributed by atoms with Gasteiger partial charge in [-0.2, -0.15) is 5.26 Å². The number of carboxylic acids is 1. The van der Waals surface area contributed by atoms with Crippen LogP contribution in [0.4, 0.5) is 0 Å². The molecule has 1 aromatic heterocycles. The van der Waals surface area contributed by atoms with E-state index in [0.717, 1.165) is 11.8 Å². The van der Waals surface area contributed by atoms with Crippen molar-refractivity contribution in [3.8, 4) is 6.07 Å². The first-order chi connectivity index (χ1) is 14.4. The molecule has 3 rings (SSSR count). The molecule has 0 spiro atoms. The summed E-state index contributed by atoms with van der Waals surface area (Å²) in [6.45, 7) is 0. The minimum absolute atomic E-state index is 0.0514. The summed E-state index contributed by atoms with van der Waals surface area (Å²) in [7, 11) is 1.68. The van der Waals surface area contributed by atoms with Crippen LogP contribution in [0.3, 0.4) is 0 Å². The zero-order valence-electron chi connectivity index (χ0n) is 15.9. The smallest absolute Gasteiger partial charge is 0.352 e. The summed E-state index contributed by atoms with van der Waals surface area (Å²) in [6, 6.07) is 1.94. The highest BCUT2D eigenvalue weighted by Gasteiger charge is 2.65. The fraction of sp³-hybridized carbons (Fsp3) is 0.533. The first-order valence-corrected chi connectivity index (χ1v) is 12.8. The first kappa shape index (κ1) is 22.8. The molecular weight excluding hydrogens is 470 g/mol. The van der Waals surface area contributed by atoms with Gasteiger partial charge in [-0.15, -0.1) is 40.4 Å². The van der Waals surface area contributed by atoms with Gasteiger partial charge in [0.15, 0.2) is 4.87 Å². The van der Waals surface area contributed by atoms with E-state index < -0.39 is 22.1 Å². The number of β-lactam (4-membered cyclic amide) rings is 1. The molecular formula is C15H17N7O4S4. The number of thioether (sulfide) groups is 4. The Morgan fingerprint density at radius 1 is 1.50 bits per heavy atom. The molecule has 2 aliphatic heterocycles. The number of aromatic nitrogens is 4. The molecule has 0 unspecified atom stereocenters. The number of carbonyl (C=O) groups excluding carboxylic acids is 2. The van der Waals surface area contributed by atoms with Crippen molar-refractivity contribution in [3.05, 3.63) is 11.3 Å². The third-order valence-corrected chi connectivity index (χ3v) is 8.90. The normalized spacial score (nSPS) is 22.9. The van der Waals surface area contributed by atoms with Gasteiger partial charge in [-0.05, 0) is 22.3 Å². The summed E-state index contributed by atoms with van der Waals surface area (Å²) < 4.78 is 1.48. The van der Waals surface area contributed by atoms with Crippen LogP contribution in [0.5, 0.6) is 0 Å². The average molecular weight is 488 g/mol. The van der Waals surface area contributed by atoms with Crippen LogP contribution in [0.25, 0.3) is 0 Å². The summed E-state index contributed by atoms with van der Waals surface area (Å²) >= 11 is 5.03. The Morgan fingerprint density at radius 3 is 2.87 bits per heavy atom. The van der Waals surface area contributed by atoms with Crippen molar-refractivity contribution in [3.63, 3.8) is 0 Å². The minimum atomic E-state index is -1.22. The topological polar surface area (TPSA) is 154 Å². The van der Waals surface area contributed by atoms with E-state index in [1.54, 1.807) is 13.3 Å². The molecule has 0 bridgehead atoms. The van der Waals surface area contributed by atoms with Crippen molar-refractivity contribution >= 4 is 64.8 Å². The number of nitrogens with one attached hydrogen (secondary N) is 1. The Hall–Kier alpha value is -1.89. The molecule has 0 aliphatic carbocycles. The van der Waals surface area contributed by atoms with Gasteiger partial charge in [0, 0.05) is 18.6 Å². The lowest BCUT2D eigenvalue weighted by molar-refractivity contribution is -0.152. The van der Waals surface area contributed by atoms with Crippen molar-refractivity contribution in [1.82, 2.24) is 30.4 Å². The molecule has 11 nitrogen and oxygen atoms in total. The average Bonchev–Trinajstić information content (AvgIpc) is 3.14. The van der Waals surface area contributed by atoms with Crippen LogP contribution in [-0.4, -0.2) is 87.5 Å². The maximum atomic E-state index is 13.0. The second kappa shape index (κ2) is 9.50. The predicted octanol–water partition coefficient (Wildman–Crippen LogP) is -0.0117. The van der Waals surface area contributed by atoms with Gasteiger partial charge < -0.3 is 10.4 Å². The lowest BCUT2D eigenvalue weighted by atomic mass is 10.0. The first-order valence-electron chi connectivity index (χ1n) is 8.42. The van der Waals surface area contributed by atoms with Gasteiger partial charge in [-0.25, -0.2) is 9.48 Å². The second-order valence-corrected chi connectivity index (χ2v) is 10.2. The van der Waals surface area contributed by atoms with Crippen LogP contribution < -0.4 is 5.32 Å². The number of tetrazole rings is 1. The highest BCUT2D eigenvalue weighted by molar-refractivity contribution is 8.05. The molecule has 1 fully saturated rings. The lowest BCUT2D eigenvalue weighted by Gasteiger charge is -2.56. The van der Waals surface area contributed by atoms with Crippen molar-refractivity contribution < 1.29 is 19.5 Å². The van der Waals surface area contributed by atoms with Crippen LogP contribution in [0, 0.1) is 11.3 Å². The van der Waals surface area contributed by atoms with Crippen molar-refractivity contribution in [1.29, 1.82) is 5.26 Å². The van der Waals surface area contributed by atoms with E-state index in [-0.39, 0.29) is 23.1 Å². The van der Waals surface area contributed by atoms with Crippen LogP contribution in [0.2, 0.25) is 0 Å².